The molecule has 0 amide bonds. The summed E-state index contributed by atoms with van der Waals surface area (Å²) in [5, 5.41) is 14.7. The zero-order valence-corrected chi connectivity index (χ0v) is 18.9. The second-order valence-electron chi connectivity index (χ2n) is 6.49. The molecule has 0 atom stereocenters. The lowest BCUT2D eigenvalue weighted by atomic mass is 10.1. The van der Waals surface area contributed by atoms with Gasteiger partial charge in [-0.2, -0.15) is 5.10 Å². The number of rotatable bonds is 5. The predicted octanol–water partition coefficient (Wildman–Crippen LogP) is 6.06. The third-order valence-electron chi connectivity index (χ3n) is 4.40. The molecule has 0 unspecified atom stereocenters. The highest BCUT2D eigenvalue weighted by Gasteiger charge is 2.09. The van der Waals surface area contributed by atoms with Gasteiger partial charge in [-0.15, -0.1) is 0 Å². The van der Waals surface area contributed by atoms with Gasteiger partial charge in [0.25, 0.3) is 0 Å². The largest absolute Gasteiger partial charge is 0.508 e. The molecular weight excluding hydrogens is 527 g/mol. The van der Waals surface area contributed by atoms with Gasteiger partial charge in [0.15, 0.2) is 0 Å². The standard InChI is InChI=1S/C23H16ClIN4O2/c24-18-10-8-16(12-19(18)25)31-23-3-1-2-20-17(23)9-11-21(28-20)22(29-26)13-27-14-4-6-15(30)7-5-14/h1-13,30H,26H2. The van der Waals surface area contributed by atoms with Crippen molar-refractivity contribution >= 4 is 62.7 Å². The van der Waals surface area contributed by atoms with Crippen LogP contribution in [-0.2, 0) is 0 Å². The van der Waals surface area contributed by atoms with Crippen molar-refractivity contribution in [3.8, 4) is 17.2 Å². The van der Waals surface area contributed by atoms with Crippen LogP contribution in [0.2, 0.25) is 5.02 Å². The highest BCUT2D eigenvalue weighted by molar-refractivity contribution is 14.1. The van der Waals surface area contributed by atoms with E-state index >= 15 is 0 Å². The van der Waals surface area contributed by atoms with Crippen LogP contribution in [0.4, 0.5) is 5.69 Å². The van der Waals surface area contributed by atoms with Crippen molar-refractivity contribution in [1.29, 1.82) is 0 Å². The summed E-state index contributed by atoms with van der Waals surface area (Å²) in [6.07, 6.45) is 1.54. The van der Waals surface area contributed by atoms with Gasteiger partial charge in [-0.05, 0) is 89.3 Å². The number of benzene rings is 3. The number of hydrogen-bond acceptors (Lipinski definition) is 6. The molecule has 0 spiro atoms. The Labute approximate surface area is 197 Å². The molecule has 0 saturated carbocycles. The summed E-state index contributed by atoms with van der Waals surface area (Å²) < 4.78 is 6.98. The number of phenolic OH excluding ortho intramolecular Hbond substituents is 1. The number of aliphatic imine (C=N–C) groups is 1. The molecule has 4 rings (SSSR count). The summed E-state index contributed by atoms with van der Waals surface area (Å²) >= 11 is 8.26. The van der Waals surface area contributed by atoms with Gasteiger partial charge in [-0.25, -0.2) is 4.98 Å². The van der Waals surface area contributed by atoms with Crippen LogP contribution >= 0.6 is 34.2 Å². The number of phenols is 1. The van der Waals surface area contributed by atoms with Gasteiger partial charge < -0.3 is 15.7 Å². The minimum atomic E-state index is 0.175. The number of aromatic nitrogens is 1. The summed E-state index contributed by atoms with van der Waals surface area (Å²) in [7, 11) is 0. The van der Waals surface area contributed by atoms with E-state index < -0.39 is 0 Å². The molecule has 3 N–H and O–H groups in total. The van der Waals surface area contributed by atoms with E-state index in [4.69, 9.17) is 22.2 Å². The maximum absolute atomic E-state index is 9.38. The molecule has 1 heterocycles. The first kappa shape index (κ1) is 21.1. The van der Waals surface area contributed by atoms with E-state index in [9.17, 15) is 5.11 Å². The minimum Gasteiger partial charge on any atom is -0.508 e. The Morgan fingerprint density at radius 2 is 1.87 bits per heavy atom. The molecule has 1 aromatic heterocycles. The average Bonchev–Trinajstić information content (AvgIpc) is 2.78. The van der Waals surface area contributed by atoms with Crippen molar-refractivity contribution in [2.45, 2.75) is 0 Å². The Morgan fingerprint density at radius 3 is 2.61 bits per heavy atom. The summed E-state index contributed by atoms with van der Waals surface area (Å²) in [5.74, 6) is 7.12. The van der Waals surface area contributed by atoms with Crippen molar-refractivity contribution in [3.05, 3.63) is 87.1 Å². The molecule has 6 nitrogen and oxygen atoms in total. The third-order valence-corrected chi connectivity index (χ3v) is 5.94. The minimum absolute atomic E-state index is 0.175. The quantitative estimate of drug-likeness (QED) is 0.139. The lowest BCUT2D eigenvalue weighted by Gasteiger charge is -2.10. The number of pyridine rings is 1. The second-order valence-corrected chi connectivity index (χ2v) is 8.06. The fourth-order valence-corrected chi connectivity index (χ4v) is 3.47. The first-order chi connectivity index (χ1) is 15.0. The number of hydrogen-bond donors (Lipinski definition) is 2. The second kappa shape index (κ2) is 9.32. The molecular formula is C23H16ClIN4O2. The van der Waals surface area contributed by atoms with E-state index in [1.165, 1.54) is 6.21 Å². The molecule has 31 heavy (non-hydrogen) atoms. The maximum atomic E-state index is 9.38. The van der Waals surface area contributed by atoms with Gasteiger partial charge in [0, 0.05) is 8.96 Å². The van der Waals surface area contributed by atoms with E-state index in [0.717, 1.165) is 14.5 Å². The SMILES string of the molecule is NN=C(C=Nc1ccc(O)cc1)c1ccc2c(Oc3ccc(Cl)c(I)c3)cccc2n1. The summed E-state index contributed by atoms with van der Waals surface area (Å²) in [5.41, 5.74) is 2.40. The Kier molecular flexibility index (Phi) is 6.34. The number of aromatic hydroxyl groups is 1. The highest BCUT2D eigenvalue weighted by Crippen LogP contribution is 2.31. The van der Waals surface area contributed by atoms with Crippen LogP contribution in [0.3, 0.4) is 0 Å². The highest BCUT2D eigenvalue weighted by atomic mass is 127. The first-order valence-electron chi connectivity index (χ1n) is 9.17. The summed E-state index contributed by atoms with van der Waals surface area (Å²) in [4.78, 5) is 9.00. The van der Waals surface area contributed by atoms with Crippen molar-refractivity contribution in [2.75, 3.05) is 0 Å². The molecule has 0 aliphatic carbocycles. The third kappa shape index (κ3) is 4.95. The number of nitrogens with two attached hydrogens (primary N) is 1. The predicted molar refractivity (Wildman–Crippen MR) is 133 cm³/mol. The lowest BCUT2D eigenvalue weighted by Crippen LogP contribution is -2.08. The monoisotopic (exact) mass is 542 g/mol. The van der Waals surface area contributed by atoms with Crippen molar-refractivity contribution in [3.63, 3.8) is 0 Å². The van der Waals surface area contributed by atoms with Crippen LogP contribution in [0.1, 0.15) is 5.69 Å². The normalized spacial score (nSPS) is 11.9. The zero-order chi connectivity index (χ0) is 21.8. The molecule has 0 radical (unpaired) electrons. The van der Waals surface area contributed by atoms with Crippen LogP contribution < -0.4 is 10.6 Å². The first-order valence-corrected chi connectivity index (χ1v) is 10.6. The van der Waals surface area contributed by atoms with Crippen LogP contribution in [0.25, 0.3) is 10.9 Å². The average molecular weight is 543 g/mol. The van der Waals surface area contributed by atoms with Gasteiger partial charge >= 0.3 is 0 Å². The molecule has 154 valence electrons. The molecule has 3 aromatic carbocycles. The molecule has 0 bridgehead atoms. The van der Waals surface area contributed by atoms with Crippen molar-refractivity contribution in [2.24, 2.45) is 15.9 Å². The van der Waals surface area contributed by atoms with Crippen LogP contribution in [-0.4, -0.2) is 22.0 Å². The van der Waals surface area contributed by atoms with E-state index in [-0.39, 0.29) is 5.75 Å². The Balaban J connectivity index is 1.63. The topological polar surface area (TPSA) is 93.1 Å². The van der Waals surface area contributed by atoms with Crippen LogP contribution in [0, 0.1) is 3.57 Å². The van der Waals surface area contributed by atoms with Crippen molar-refractivity contribution in [1.82, 2.24) is 4.98 Å². The number of fused-ring (bicyclic) bond motifs is 1. The fourth-order valence-electron chi connectivity index (χ4n) is 2.87. The Bertz CT molecular complexity index is 1310. The molecule has 0 aliphatic heterocycles. The Morgan fingerprint density at radius 1 is 1.06 bits per heavy atom. The molecule has 8 heteroatoms. The van der Waals surface area contributed by atoms with E-state index in [1.54, 1.807) is 30.3 Å². The van der Waals surface area contributed by atoms with Gasteiger partial charge in [0.2, 0.25) is 0 Å². The van der Waals surface area contributed by atoms with E-state index in [0.29, 0.717) is 33.6 Å². The fraction of sp³-hybridized carbons (Fsp3) is 0. The molecule has 4 aromatic rings. The van der Waals surface area contributed by atoms with Crippen LogP contribution in [0.5, 0.6) is 17.2 Å². The lowest BCUT2D eigenvalue weighted by molar-refractivity contribution is 0.475. The van der Waals surface area contributed by atoms with Gasteiger partial charge in [-0.1, -0.05) is 17.7 Å². The number of ether oxygens (including phenoxy) is 1. The zero-order valence-electron chi connectivity index (χ0n) is 16.0. The summed E-state index contributed by atoms with van der Waals surface area (Å²) in [6, 6.07) is 21.4. The molecule has 0 saturated heterocycles. The van der Waals surface area contributed by atoms with Crippen LogP contribution in [0.15, 0.2) is 82.9 Å². The smallest absolute Gasteiger partial charge is 0.136 e. The number of hydrazone groups is 1. The van der Waals surface area contributed by atoms with Crippen molar-refractivity contribution < 1.29 is 9.84 Å². The summed E-state index contributed by atoms with van der Waals surface area (Å²) in [6.45, 7) is 0. The molecule has 0 fully saturated rings. The van der Waals surface area contributed by atoms with E-state index in [1.807, 2.05) is 42.5 Å². The van der Waals surface area contributed by atoms with Gasteiger partial charge in [-0.3, -0.25) is 4.99 Å². The number of nitrogens with zero attached hydrogens (tertiary/aromatic N) is 3. The Hall–Kier alpha value is -3.17. The number of halogens is 2. The van der Waals surface area contributed by atoms with E-state index in [2.05, 4.69) is 37.7 Å². The van der Waals surface area contributed by atoms with Gasteiger partial charge in [0.05, 0.1) is 28.1 Å². The maximum Gasteiger partial charge on any atom is 0.136 e. The van der Waals surface area contributed by atoms with Gasteiger partial charge in [0.1, 0.15) is 23.0 Å². The molecule has 0 aliphatic rings.